The van der Waals surface area contributed by atoms with Crippen molar-refractivity contribution in [1.29, 1.82) is 0 Å². The number of ether oxygens (including phenoxy) is 1. The Hall–Kier alpha value is -1.55. The summed E-state index contributed by atoms with van der Waals surface area (Å²) in [6.07, 6.45) is 0. The molecule has 0 unspecified atom stereocenters. The van der Waals surface area contributed by atoms with E-state index in [4.69, 9.17) is 14.9 Å². The van der Waals surface area contributed by atoms with Crippen molar-refractivity contribution in [2.45, 2.75) is 4.90 Å². The first kappa shape index (κ1) is 17.5. The number of hydrogen-bond donors (Lipinski definition) is 2. The highest BCUT2D eigenvalue weighted by Crippen LogP contribution is 2.20. The van der Waals surface area contributed by atoms with Crippen LogP contribution in [0.25, 0.3) is 0 Å². The highest BCUT2D eigenvalue weighted by molar-refractivity contribution is 7.89. The van der Waals surface area contributed by atoms with Crippen molar-refractivity contribution in [3.8, 4) is 0 Å². The van der Waals surface area contributed by atoms with Crippen LogP contribution in [0.3, 0.4) is 0 Å². The van der Waals surface area contributed by atoms with Crippen LogP contribution < -0.4 is 0 Å². The van der Waals surface area contributed by atoms with Crippen LogP contribution in [-0.2, 0) is 14.8 Å². The third-order valence-corrected chi connectivity index (χ3v) is 4.60. The molecule has 0 radical (unpaired) electrons. The van der Waals surface area contributed by atoms with Crippen molar-refractivity contribution < 1.29 is 32.6 Å². The number of halogens is 1. The zero-order chi connectivity index (χ0) is 16.0. The molecule has 0 spiro atoms. The molecule has 0 fully saturated rings. The maximum atomic E-state index is 13.8. The second-order valence-electron chi connectivity index (χ2n) is 4.07. The first-order chi connectivity index (χ1) is 9.84. The molecule has 0 saturated heterocycles. The second kappa shape index (κ2) is 7.46. The molecule has 2 N–H and O–H groups in total. The van der Waals surface area contributed by atoms with Crippen LogP contribution in [0, 0.1) is 5.82 Å². The topological polar surface area (TPSA) is 104 Å². The molecule has 7 nitrogen and oxygen atoms in total. The van der Waals surface area contributed by atoms with Gasteiger partial charge in [0.05, 0.1) is 18.8 Å². The molecular weight excluding hydrogens is 305 g/mol. The number of carboxylic acids is 1. The molecule has 1 rings (SSSR count). The van der Waals surface area contributed by atoms with Crippen molar-refractivity contribution in [3.63, 3.8) is 0 Å². The number of nitrogens with zero attached hydrogens (tertiary/aromatic N) is 1. The van der Waals surface area contributed by atoms with Crippen LogP contribution in [0.5, 0.6) is 0 Å². The second-order valence-corrected chi connectivity index (χ2v) is 5.98. The van der Waals surface area contributed by atoms with Gasteiger partial charge in [0.25, 0.3) is 0 Å². The van der Waals surface area contributed by atoms with Crippen LogP contribution in [0.15, 0.2) is 23.1 Å². The van der Waals surface area contributed by atoms with E-state index in [0.717, 1.165) is 22.5 Å². The van der Waals surface area contributed by atoms with Gasteiger partial charge in [-0.25, -0.2) is 17.6 Å². The largest absolute Gasteiger partial charge is 0.478 e. The quantitative estimate of drug-likeness (QED) is 0.706. The highest BCUT2D eigenvalue weighted by Gasteiger charge is 2.28. The van der Waals surface area contributed by atoms with Crippen LogP contribution in [-0.4, -0.2) is 62.3 Å². The van der Waals surface area contributed by atoms with E-state index < -0.39 is 33.3 Å². The lowest BCUT2D eigenvalue weighted by Gasteiger charge is -2.21. The summed E-state index contributed by atoms with van der Waals surface area (Å²) in [4.78, 5) is 10.1. The fourth-order valence-electron chi connectivity index (χ4n) is 1.63. The van der Waals surface area contributed by atoms with Crippen molar-refractivity contribution in [1.82, 2.24) is 4.31 Å². The Morgan fingerprint density at radius 2 is 2.05 bits per heavy atom. The maximum absolute atomic E-state index is 13.8. The van der Waals surface area contributed by atoms with E-state index in [9.17, 15) is 17.6 Å². The number of carbonyl (C=O) groups is 1. The summed E-state index contributed by atoms with van der Waals surface area (Å²) in [7, 11) is -2.90. The third kappa shape index (κ3) is 4.21. The number of rotatable bonds is 8. The molecule has 118 valence electrons. The molecule has 0 aliphatic carbocycles. The normalized spacial score (nSPS) is 11.8. The Balaban J connectivity index is 3.26. The third-order valence-electron chi connectivity index (χ3n) is 2.69. The lowest BCUT2D eigenvalue weighted by molar-refractivity contribution is 0.0696. The molecule has 0 bridgehead atoms. The molecule has 1 aromatic carbocycles. The predicted octanol–water partition coefficient (Wildman–Crippen LogP) is 0.153. The minimum absolute atomic E-state index is 0.0550. The Kier molecular flexibility index (Phi) is 6.21. The van der Waals surface area contributed by atoms with Gasteiger partial charge in [0.15, 0.2) is 0 Å². The van der Waals surface area contributed by atoms with Gasteiger partial charge in [0.2, 0.25) is 10.0 Å². The maximum Gasteiger partial charge on any atom is 0.335 e. The molecule has 0 aliphatic rings. The summed E-state index contributed by atoms with van der Waals surface area (Å²) in [6.45, 7) is -0.735. The number of benzene rings is 1. The lowest BCUT2D eigenvalue weighted by atomic mass is 10.2. The Labute approximate surface area is 121 Å². The van der Waals surface area contributed by atoms with Crippen molar-refractivity contribution in [2.75, 3.05) is 33.4 Å². The number of aliphatic hydroxyl groups excluding tert-OH is 1. The van der Waals surface area contributed by atoms with E-state index in [1.165, 1.54) is 7.11 Å². The Morgan fingerprint density at radius 3 is 2.57 bits per heavy atom. The molecule has 21 heavy (non-hydrogen) atoms. The Morgan fingerprint density at radius 1 is 1.38 bits per heavy atom. The van der Waals surface area contributed by atoms with Crippen LogP contribution in [0.2, 0.25) is 0 Å². The highest BCUT2D eigenvalue weighted by atomic mass is 32.2. The predicted molar refractivity (Wildman–Crippen MR) is 71.1 cm³/mol. The molecule has 0 aromatic heterocycles. The minimum atomic E-state index is -4.27. The lowest BCUT2D eigenvalue weighted by Crippen LogP contribution is -2.36. The number of methoxy groups -OCH3 is 1. The average Bonchev–Trinajstić information content (AvgIpc) is 2.43. The fraction of sp³-hybridized carbons (Fsp3) is 0.417. The van der Waals surface area contributed by atoms with E-state index in [1.54, 1.807) is 0 Å². The monoisotopic (exact) mass is 321 g/mol. The van der Waals surface area contributed by atoms with Crippen LogP contribution in [0.1, 0.15) is 10.4 Å². The zero-order valence-corrected chi connectivity index (χ0v) is 12.1. The van der Waals surface area contributed by atoms with Crippen molar-refractivity contribution in [2.24, 2.45) is 0 Å². The molecule has 0 amide bonds. The number of aromatic carboxylic acids is 1. The molecular formula is C12H16FNO6S. The summed E-state index contributed by atoms with van der Waals surface area (Å²) >= 11 is 0. The summed E-state index contributed by atoms with van der Waals surface area (Å²) in [5.74, 6) is -2.42. The number of sulfonamides is 1. The van der Waals surface area contributed by atoms with Gasteiger partial charge in [-0.15, -0.1) is 0 Å². The first-order valence-electron chi connectivity index (χ1n) is 5.97. The summed E-state index contributed by atoms with van der Waals surface area (Å²) in [6, 6.07) is 2.51. The smallest absolute Gasteiger partial charge is 0.335 e. The van der Waals surface area contributed by atoms with Gasteiger partial charge in [-0.1, -0.05) is 0 Å². The van der Waals surface area contributed by atoms with E-state index in [-0.39, 0.29) is 25.3 Å². The van der Waals surface area contributed by atoms with Crippen LogP contribution in [0.4, 0.5) is 4.39 Å². The van der Waals surface area contributed by atoms with Gasteiger partial charge in [0.1, 0.15) is 10.7 Å². The number of aliphatic hydroxyl groups is 1. The average molecular weight is 321 g/mol. The van der Waals surface area contributed by atoms with Gasteiger partial charge in [-0.05, 0) is 18.2 Å². The van der Waals surface area contributed by atoms with Crippen molar-refractivity contribution >= 4 is 16.0 Å². The molecule has 0 heterocycles. The summed E-state index contributed by atoms with van der Waals surface area (Å²) in [5.41, 5.74) is -0.342. The van der Waals surface area contributed by atoms with Gasteiger partial charge in [-0.2, -0.15) is 4.31 Å². The van der Waals surface area contributed by atoms with E-state index in [2.05, 4.69) is 0 Å². The molecule has 1 aromatic rings. The fourth-order valence-corrected chi connectivity index (χ4v) is 3.14. The molecule has 0 atom stereocenters. The SMILES string of the molecule is COCCN(CCO)S(=O)(=O)c1cc(C(=O)O)ccc1F. The number of hydrogen-bond acceptors (Lipinski definition) is 5. The van der Waals surface area contributed by atoms with Gasteiger partial charge >= 0.3 is 5.97 Å². The molecule has 0 saturated carbocycles. The van der Waals surface area contributed by atoms with Gasteiger partial charge in [-0.3, -0.25) is 0 Å². The Bertz CT molecular complexity index is 604. The van der Waals surface area contributed by atoms with Crippen molar-refractivity contribution in [3.05, 3.63) is 29.6 Å². The minimum Gasteiger partial charge on any atom is -0.478 e. The van der Waals surface area contributed by atoms with Gasteiger partial charge in [0, 0.05) is 20.2 Å². The zero-order valence-electron chi connectivity index (χ0n) is 11.3. The summed E-state index contributed by atoms with van der Waals surface area (Å²) in [5, 5.41) is 17.8. The summed E-state index contributed by atoms with van der Waals surface area (Å²) < 4.78 is 44.1. The standard InChI is InChI=1S/C12H16FNO6S/c1-20-7-5-14(4-6-15)21(18,19)11-8-9(12(16)17)2-3-10(11)13/h2-3,8,15H,4-7H2,1H3,(H,16,17). The van der Waals surface area contributed by atoms with Gasteiger partial charge < -0.3 is 14.9 Å². The van der Waals surface area contributed by atoms with E-state index in [0.29, 0.717) is 0 Å². The van der Waals surface area contributed by atoms with E-state index >= 15 is 0 Å². The van der Waals surface area contributed by atoms with Crippen LogP contribution >= 0.6 is 0 Å². The number of carboxylic acid groups (broad SMARTS) is 1. The molecule has 9 heteroatoms. The van der Waals surface area contributed by atoms with E-state index in [1.807, 2.05) is 0 Å². The first-order valence-corrected chi connectivity index (χ1v) is 7.41. The molecule has 0 aliphatic heterocycles.